The van der Waals surface area contributed by atoms with E-state index in [2.05, 4.69) is 25.9 Å². The third kappa shape index (κ3) is 2.09. The number of nitrogens with two attached hydrogens (primary N) is 1. The molecule has 0 spiro atoms. The molecule has 0 aliphatic rings. The lowest BCUT2D eigenvalue weighted by Gasteiger charge is -2.04. The van der Waals surface area contributed by atoms with Crippen molar-refractivity contribution in [2.45, 2.75) is 0 Å². The number of nitrogens with zero attached hydrogens (tertiary/aromatic N) is 2. The second kappa shape index (κ2) is 4.40. The first-order chi connectivity index (χ1) is 7.68. The van der Waals surface area contributed by atoms with E-state index in [0.717, 1.165) is 11.1 Å². The molecule has 0 aromatic carbocycles. The van der Waals surface area contributed by atoms with Crippen LogP contribution in [0.3, 0.4) is 0 Å². The zero-order valence-corrected chi connectivity index (χ0v) is 9.81. The van der Waals surface area contributed by atoms with Crippen LogP contribution in [-0.2, 0) is 0 Å². The van der Waals surface area contributed by atoms with Gasteiger partial charge in [0.05, 0.1) is 5.56 Å². The zero-order chi connectivity index (χ0) is 11.5. The summed E-state index contributed by atoms with van der Waals surface area (Å²) in [7, 11) is 0. The van der Waals surface area contributed by atoms with Crippen molar-refractivity contribution in [2.75, 3.05) is 0 Å². The van der Waals surface area contributed by atoms with Gasteiger partial charge in [0.15, 0.2) is 0 Å². The molecule has 0 unspecified atom stereocenters. The molecule has 0 aliphatic carbocycles. The summed E-state index contributed by atoms with van der Waals surface area (Å²) in [6, 6.07) is 5.39. The predicted molar refractivity (Wildman–Crippen MR) is 63.7 cm³/mol. The van der Waals surface area contributed by atoms with Crippen LogP contribution >= 0.6 is 15.9 Å². The SMILES string of the molecule is NC(=O)c1cc(-c2ccncc2)cnc1Br. The highest BCUT2D eigenvalue weighted by Crippen LogP contribution is 2.22. The molecule has 0 saturated heterocycles. The van der Waals surface area contributed by atoms with Gasteiger partial charge in [0.25, 0.3) is 5.91 Å². The molecule has 0 aliphatic heterocycles. The number of halogens is 1. The van der Waals surface area contributed by atoms with Crippen molar-refractivity contribution >= 4 is 21.8 Å². The van der Waals surface area contributed by atoms with Crippen molar-refractivity contribution in [3.63, 3.8) is 0 Å². The smallest absolute Gasteiger partial charge is 0.251 e. The van der Waals surface area contributed by atoms with E-state index in [9.17, 15) is 4.79 Å². The van der Waals surface area contributed by atoms with Crippen molar-refractivity contribution in [1.29, 1.82) is 0 Å². The van der Waals surface area contributed by atoms with E-state index in [1.54, 1.807) is 24.7 Å². The number of primary amides is 1. The summed E-state index contributed by atoms with van der Waals surface area (Å²) in [6.45, 7) is 0. The summed E-state index contributed by atoms with van der Waals surface area (Å²) in [4.78, 5) is 19.1. The Hall–Kier alpha value is -1.75. The molecule has 16 heavy (non-hydrogen) atoms. The number of carbonyl (C=O) groups excluding carboxylic acids is 1. The zero-order valence-electron chi connectivity index (χ0n) is 8.22. The topological polar surface area (TPSA) is 68.9 Å². The molecule has 0 saturated carbocycles. The molecule has 0 atom stereocenters. The molecule has 1 amide bonds. The number of hydrogen-bond donors (Lipinski definition) is 1. The fourth-order valence-corrected chi connectivity index (χ4v) is 1.74. The lowest BCUT2D eigenvalue weighted by Crippen LogP contribution is -2.12. The van der Waals surface area contributed by atoms with Crippen LogP contribution in [0.4, 0.5) is 0 Å². The van der Waals surface area contributed by atoms with E-state index in [1.807, 2.05) is 12.1 Å². The van der Waals surface area contributed by atoms with E-state index < -0.39 is 5.91 Å². The fraction of sp³-hybridized carbons (Fsp3) is 0. The van der Waals surface area contributed by atoms with Gasteiger partial charge in [0.2, 0.25) is 0 Å². The van der Waals surface area contributed by atoms with Gasteiger partial charge in [-0.2, -0.15) is 0 Å². The summed E-state index contributed by atoms with van der Waals surface area (Å²) < 4.78 is 0.456. The molecule has 0 fully saturated rings. The minimum Gasteiger partial charge on any atom is -0.366 e. The van der Waals surface area contributed by atoms with Gasteiger partial charge < -0.3 is 5.73 Å². The van der Waals surface area contributed by atoms with Crippen molar-refractivity contribution in [3.05, 3.63) is 47.0 Å². The Kier molecular flexibility index (Phi) is 2.96. The monoisotopic (exact) mass is 277 g/mol. The number of rotatable bonds is 2. The third-order valence-electron chi connectivity index (χ3n) is 2.12. The van der Waals surface area contributed by atoms with E-state index in [4.69, 9.17) is 5.73 Å². The fourth-order valence-electron chi connectivity index (χ4n) is 1.32. The number of carbonyl (C=O) groups is 1. The Bertz CT molecular complexity index is 528. The lowest BCUT2D eigenvalue weighted by molar-refractivity contribution is 0.0999. The van der Waals surface area contributed by atoms with Crippen LogP contribution in [0.15, 0.2) is 41.4 Å². The maximum atomic E-state index is 11.1. The van der Waals surface area contributed by atoms with Gasteiger partial charge in [-0.15, -0.1) is 0 Å². The quantitative estimate of drug-likeness (QED) is 0.854. The molecule has 5 heteroatoms. The minimum absolute atomic E-state index is 0.370. The van der Waals surface area contributed by atoms with Crippen LogP contribution in [0.25, 0.3) is 11.1 Å². The standard InChI is InChI=1S/C11H8BrN3O/c12-10-9(11(13)16)5-8(6-15-10)7-1-3-14-4-2-7/h1-6H,(H2,13,16). The highest BCUT2D eigenvalue weighted by molar-refractivity contribution is 9.10. The Labute approximate surface area is 101 Å². The van der Waals surface area contributed by atoms with Gasteiger partial charge in [-0.25, -0.2) is 4.98 Å². The molecular weight excluding hydrogens is 270 g/mol. The Morgan fingerprint density at radius 3 is 2.56 bits per heavy atom. The first kappa shape index (κ1) is 10.8. The summed E-state index contributed by atoms with van der Waals surface area (Å²) in [5.41, 5.74) is 7.38. The second-order valence-electron chi connectivity index (χ2n) is 3.16. The normalized spacial score (nSPS) is 10.1. The maximum absolute atomic E-state index is 11.1. The van der Waals surface area contributed by atoms with Crippen molar-refractivity contribution in [2.24, 2.45) is 5.73 Å². The molecule has 2 aromatic rings. The first-order valence-electron chi connectivity index (χ1n) is 4.54. The van der Waals surface area contributed by atoms with Crippen LogP contribution in [0.2, 0.25) is 0 Å². The summed E-state index contributed by atoms with van der Waals surface area (Å²) >= 11 is 3.18. The summed E-state index contributed by atoms with van der Waals surface area (Å²) in [5.74, 6) is -0.504. The lowest BCUT2D eigenvalue weighted by atomic mass is 10.1. The number of hydrogen-bond acceptors (Lipinski definition) is 3. The van der Waals surface area contributed by atoms with E-state index >= 15 is 0 Å². The number of pyridine rings is 2. The van der Waals surface area contributed by atoms with Crippen LogP contribution in [-0.4, -0.2) is 15.9 Å². The van der Waals surface area contributed by atoms with Gasteiger partial charge in [0.1, 0.15) is 4.60 Å². The van der Waals surface area contributed by atoms with Gasteiger partial charge in [-0.05, 0) is 39.7 Å². The van der Waals surface area contributed by atoms with Crippen molar-refractivity contribution < 1.29 is 4.79 Å². The molecule has 0 radical (unpaired) electrons. The molecule has 2 heterocycles. The molecular formula is C11H8BrN3O. The molecule has 2 rings (SSSR count). The Balaban J connectivity index is 2.52. The van der Waals surface area contributed by atoms with Gasteiger partial charge >= 0.3 is 0 Å². The summed E-state index contributed by atoms with van der Waals surface area (Å²) in [5, 5.41) is 0. The Morgan fingerprint density at radius 1 is 1.25 bits per heavy atom. The molecule has 80 valence electrons. The van der Waals surface area contributed by atoms with Crippen LogP contribution in [0, 0.1) is 0 Å². The van der Waals surface area contributed by atoms with Crippen molar-refractivity contribution in [3.8, 4) is 11.1 Å². The van der Waals surface area contributed by atoms with Gasteiger partial charge in [-0.1, -0.05) is 0 Å². The van der Waals surface area contributed by atoms with Crippen LogP contribution < -0.4 is 5.73 Å². The number of aromatic nitrogens is 2. The van der Waals surface area contributed by atoms with E-state index in [0.29, 0.717) is 10.2 Å². The largest absolute Gasteiger partial charge is 0.366 e. The maximum Gasteiger partial charge on any atom is 0.251 e. The van der Waals surface area contributed by atoms with Gasteiger partial charge in [0, 0.05) is 24.2 Å². The first-order valence-corrected chi connectivity index (χ1v) is 5.33. The second-order valence-corrected chi connectivity index (χ2v) is 3.91. The average molecular weight is 278 g/mol. The van der Waals surface area contributed by atoms with E-state index in [-0.39, 0.29) is 0 Å². The van der Waals surface area contributed by atoms with E-state index in [1.165, 1.54) is 0 Å². The molecule has 2 N–H and O–H groups in total. The third-order valence-corrected chi connectivity index (χ3v) is 2.75. The minimum atomic E-state index is -0.504. The van der Waals surface area contributed by atoms with Gasteiger partial charge in [-0.3, -0.25) is 9.78 Å². The molecule has 4 nitrogen and oxygen atoms in total. The number of amides is 1. The highest BCUT2D eigenvalue weighted by Gasteiger charge is 2.09. The molecule has 2 aromatic heterocycles. The van der Waals surface area contributed by atoms with Crippen molar-refractivity contribution in [1.82, 2.24) is 9.97 Å². The Morgan fingerprint density at radius 2 is 1.94 bits per heavy atom. The van der Waals surface area contributed by atoms with Crippen LogP contribution in [0.1, 0.15) is 10.4 Å². The molecule has 0 bridgehead atoms. The van der Waals surface area contributed by atoms with Crippen LogP contribution in [0.5, 0.6) is 0 Å². The average Bonchev–Trinajstić information content (AvgIpc) is 2.30. The highest BCUT2D eigenvalue weighted by atomic mass is 79.9. The predicted octanol–water partition coefficient (Wildman–Crippen LogP) is 2.00. The summed E-state index contributed by atoms with van der Waals surface area (Å²) in [6.07, 6.45) is 5.04.